The van der Waals surface area contributed by atoms with Gasteiger partial charge in [0.2, 0.25) is 23.5 Å². The summed E-state index contributed by atoms with van der Waals surface area (Å²) in [5, 5.41) is 22.3. The zero-order valence-corrected chi connectivity index (χ0v) is 42.4. The second-order valence-corrected chi connectivity index (χ2v) is 15.6. The van der Waals surface area contributed by atoms with Gasteiger partial charge in [0, 0.05) is 38.4 Å². The van der Waals surface area contributed by atoms with Crippen LogP contribution in [0.1, 0.15) is 38.5 Å². The maximum Gasteiger partial charge on any atom is 0.335 e. The van der Waals surface area contributed by atoms with Crippen LogP contribution in [0, 0.1) is 0 Å². The third-order valence-electron chi connectivity index (χ3n) is 9.77. The minimum absolute atomic E-state index is 0.0497. The molecule has 0 aliphatic carbocycles. The lowest BCUT2D eigenvalue weighted by atomic mass is 10.2. The molecule has 3 aromatic rings. The van der Waals surface area contributed by atoms with Crippen LogP contribution in [0.15, 0.2) is 42.7 Å². The third kappa shape index (κ3) is 30.5. The molecule has 0 aromatic carbocycles. The molecule has 0 spiro atoms. The predicted molar refractivity (Wildman–Crippen MR) is 261 cm³/mol. The van der Waals surface area contributed by atoms with Crippen LogP contribution < -0.4 is 10.6 Å². The Bertz CT molecular complexity index is 1980. The van der Waals surface area contributed by atoms with Crippen molar-refractivity contribution >= 4 is 35.3 Å². The molecule has 0 radical (unpaired) electrons. The maximum atomic E-state index is 12.4. The van der Waals surface area contributed by atoms with Gasteiger partial charge in [0.15, 0.2) is 0 Å². The van der Waals surface area contributed by atoms with Gasteiger partial charge in [-0.05, 0) is 30.7 Å². The van der Waals surface area contributed by atoms with Crippen molar-refractivity contribution in [3.8, 4) is 23.0 Å². The van der Waals surface area contributed by atoms with Crippen LogP contribution in [-0.2, 0) is 85.7 Å². The minimum atomic E-state index is -0.708. The minimum Gasteiger partial charge on any atom is -0.378 e. The number of nitrogens with zero attached hydrogens (tertiary/aromatic N) is 7. The molecule has 416 valence electrons. The fraction of sp³-hybridized carbons (Fsp3) is 0.646. The third-order valence-corrected chi connectivity index (χ3v) is 9.77. The van der Waals surface area contributed by atoms with Gasteiger partial charge in [0.25, 0.3) is 11.8 Å². The van der Waals surface area contributed by atoms with Crippen LogP contribution in [-0.4, -0.2) is 230 Å². The number of ether oxygens (including phenoxy) is 12. The van der Waals surface area contributed by atoms with Gasteiger partial charge in [0.1, 0.15) is 11.4 Å². The normalized spacial score (nSPS) is 12.4. The molecule has 1 aliphatic heterocycles. The highest BCUT2D eigenvalue weighted by Crippen LogP contribution is 2.16. The Morgan fingerprint density at radius 1 is 0.453 bits per heavy atom. The maximum absolute atomic E-state index is 12.4. The molecule has 2 N–H and O–H groups in total. The number of hydrogen-bond acceptors (Lipinski definition) is 24. The van der Waals surface area contributed by atoms with Crippen LogP contribution in [0.3, 0.4) is 0 Å². The standard InChI is InChI=1S/C48H71N9O18/c58-42(5-3-6-43(59)52-39-7-8-41(51-38-39)48-55-53-47(54-56-48)40-4-1-2-12-49-40)50-13-15-64-17-19-66-21-23-68-25-27-70-29-31-72-33-35-74-37-36-73-34-32-71-30-28-69-26-24-67-22-20-65-18-16-63-14-11-46(62)75-57-44(60)9-10-45(57)61/h1-2,4,7-8,12,38H,3,5-6,9-11,13-37H2,(H,50,58)(H,52,59). The number of hydroxylamine groups is 2. The van der Waals surface area contributed by atoms with Crippen LogP contribution in [0.5, 0.6) is 0 Å². The Balaban J connectivity index is 0.765. The summed E-state index contributed by atoms with van der Waals surface area (Å²) in [6.45, 7) is 9.98. The van der Waals surface area contributed by atoms with E-state index in [-0.39, 0.29) is 63.0 Å². The highest BCUT2D eigenvalue weighted by atomic mass is 16.7. The van der Waals surface area contributed by atoms with Crippen molar-refractivity contribution in [1.29, 1.82) is 0 Å². The van der Waals surface area contributed by atoms with E-state index in [1.54, 1.807) is 30.5 Å². The highest BCUT2D eigenvalue weighted by Gasteiger charge is 2.32. The number of anilines is 1. The molecule has 1 aliphatic rings. The van der Waals surface area contributed by atoms with Gasteiger partial charge in [0.05, 0.1) is 177 Å². The molecule has 4 rings (SSSR count). The Hall–Kier alpha value is -5.69. The number of amides is 4. The Kier molecular flexibility index (Phi) is 34.3. The van der Waals surface area contributed by atoms with Crippen molar-refractivity contribution in [3.05, 3.63) is 42.7 Å². The average Bonchev–Trinajstić information content (AvgIpc) is 3.74. The van der Waals surface area contributed by atoms with E-state index in [4.69, 9.17) is 61.7 Å². The molecular formula is C48H71N9O18. The molecular weight excluding hydrogens is 991 g/mol. The Labute approximate surface area is 435 Å². The fourth-order valence-electron chi connectivity index (χ4n) is 6.00. The molecule has 1 fully saturated rings. The summed E-state index contributed by atoms with van der Waals surface area (Å²) in [5.74, 6) is -1.61. The van der Waals surface area contributed by atoms with E-state index in [1.165, 1.54) is 6.20 Å². The lowest BCUT2D eigenvalue weighted by molar-refractivity contribution is -0.198. The van der Waals surface area contributed by atoms with Gasteiger partial charge in [-0.3, -0.25) is 29.1 Å². The quantitative estimate of drug-likeness (QED) is 0.0584. The van der Waals surface area contributed by atoms with Gasteiger partial charge in [-0.2, -0.15) is 0 Å². The second kappa shape index (κ2) is 41.5. The predicted octanol–water partition coefficient (Wildman–Crippen LogP) is 0.812. The molecule has 0 saturated carbocycles. The monoisotopic (exact) mass is 1060 g/mol. The van der Waals surface area contributed by atoms with E-state index < -0.39 is 17.8 Å². The first-order valence-electron chi connectivity index (χ1n) is 24.9. The zero-order valence-electron chi connectivity index (χ0n) is 42.4. The van der Waals surface area contributed by atoms with Gasteiger partial charge in [-0.25, -0.2) is 4.79 Å². The number of rotatable bonds is 47. The summed E-state index contributed by atoms with van der Waals surface area (Å²) in [6, 6.07) is 8.70. The van der Waals surface area contributed by atoms with E-state index in [0.717, 1.165) is 0 Å². The Morgan fingerprint density at radius 2 is 0.853 bits per heavy atom. The Morgan fingerprint density at radius 3 is 1.25 bits per heavy atom. The van der Waals surface area contributed by atoms with Crippen LogP contribution in [0.4, 0.5) is 5.69 Å². The van der Waals surface area contributed by atoms with E-state index in [0.29, 0.717) is 186 Å². The summed E-state index contributed by atoms with van der Waals surface area (Å²) in [5.41, 5.74) is 1.50. The van der Waals surface area contributed by atoms with Crippen molar-refractivity contribution < 1.29 is 85.7 Å². The first-order chi connectivity index (χ1) is 36.9. The van der Waals surface area contributed by atoms with Crippen molar-refractivity contribution in [1.82, 2.24) is 40.7 Å². The molecule has 0 atom stereocenters. The topological polar surface area (TPSA) is 310 Å². The number of hydrogen-bond donors (Lipinski definition) is 2. The fourth-order valence-corrected chi connectivity index (χ4v) is 6.00. The van der Waals surface area contributed by atoms with E-state index in [9.17, 15) is 24.0 Å². The first kappa shape index (κ1) is 61.9. The van der Waals surface area contributed by atoms with Crippen molar-refractivity contribution in [2.45, 2.75) is 38.5 Å². The molecule has 0 bridgehead atoms. The van der Waals surface area contributed by atoms with Gasteiger partial charge in [-0.15, -0.1) is 25.5 Å². The second-order valence-electron chi connectivity index (χ2n) is 15.6. The molecule has 4 amide bonds. The van der Waals surface area contributed by atoms with Crippen molar-refractivity contribution in [2.75, 3.05) is 170 Å². The number of imide groups is 1. The van der Waals surface area contributed by atoms with Gasteiger partial charge in [-0.1, -0.05) is 6.07 Å². The number of nitrogens with one attached hydrogen (secondary N) is 2. The number of aromatic nitrogens is 6. The summed E-state index contributed by atoms with van der Waals surface area (Å²) in [4.78, 5) is 72.3. The summed E-state index contributed by atoms with van der Waals surface area (Å²) in [6.07, 6.45) is 3.90. The van der Waals surface area contributed by atoms with Gasteiger partial charge >= 0.3 is 5.97 Å². The molecule has 3 aromatic heterocycles. The van der Waals surface area contributed by atoms with E-state index in [1.807, 2.05) is 6.07 Å². The lowest BCUT2D eigenvalue weighted by Gasteiger charge is -2.12. The lowest BCUT2D eigenvalue weighted by Crippen LogP contribution is -2.32. The molecule has 27 heteroatoms. The summed E-state index contributed by atoms with van der Waals surface area (Å²) < 4.78 is 65.6. The number of pyridine rings is 2. The largest absolute Gasteiger partial charge is 0.378 e. The SMILES string of the molecule is O=C(CCCC(=O)Nc1ccc(-c2nnc(-c3ccccn3)nn2)nc1)NCCOCCOCCOCCOCCOCCOCCOCCOCCOCCOCCOCCOCCC(=O)ON1C(=O)CCC1=O. The van der Waals surface area contributed by atoms with Crippen LogP contribution in [0.2, 0.25) is 0 Å². The van der Waals surface area contributed by atoms with Crippen LogP contribution in [0.25, 0.3) is 23.0 Å². The van der Waals surface area contributed by atoms with Crippen molar-refractivity contribution in [2.24, 2.45) is 0 Å². The molecule has 1 saturated heterocycles. The van der Waals surface area contributed by atoms with Crippen molar-refractivity contribution in [3.63, 3.8) is 0 Å². The van der Waals surface area contributed by atoms with Crippen LogP contribution >= 0.6 is 0 Å². The van der Waals surface area contributed by atoms with E-state index >= 15 is 0 Å². The first-order valence-corrected chi connectivity index (χ1v) is 24.9. The molecule has 27 nitrogen and oxygen atoms in total. The smallest absolute Gasteiger partial charge is 0.335 e. The summed E-state index contributed by atoms with van der Waals surface area (Å²) >= 11 is 0. The average molecular weight is 1060 g/mol. The summed E-state index contributed by atoms with van der Waals surface area (Å²) in [7, 11) is 0. The number of carbonyl (C=O) groups excluding carboxylic acids is 5. The molecule has 4 heterocycles. The molecule has 0 unspecified atom stereocenters. The molecule has 75 heavy (non-hydrogen) atoms. The van der Waals surface area contributed by atoms with E-state index in [2.05, 4.69) is 41.0 Å². The zero-order chi connectivity index (χ0) is 53.1. The van der Waals surface area contributed by atoms with Gasteiger partial charge < -0.3 is 72.3 Å². The number of carbonyl (C=O) groups is 5. The highest BCUT2D eigenvalue weighted by molar-refractivity contribution is 6.01.